The van der Waals surface area contributed by atoms with Crippen LogP contribution in [0.4, 0.5) is 10.1 Å². The maximum Gasteiger partial charge on any atom is 0.345 e. The summed E-state index contributed by atoms with van der Waals surface area (Å²) >= 11 is 1.32. The van der Waals surface area contributed by atoms with Gasteiger partial charge in [0.1, 0.15) is 23.0 Å². The number of aryl methyl sites for hydroxylation is 1. The summed E-state index contributed by atoms with van der Waals surface area (Å²) in [5.74, 6) is -1.67. The molecule has 0 bridgehead atoms. The van der Waals surface area contributed by atoms with Crippen LogP contribution in [0.5, 0.6) is 0 Å². The number of ether oxygens (including phenoxy) is 1. The van der Waals surface area contributed by atoms with Gasteiger partial charge in [-0.1, -0.05) is 0 Å². The van der Waals surface area contributed by atoms with Crippen LogP contribution < -0.4 is 0 Å². The van der Waals surface area contributed by atoms with Crippen LogP contribution >= 0.6 is 11.3 Å². The van der Waals surface area contributed by atoms with E-state index in [2.05, 4.69) is 4.98 Å². The van der Waals surface area contributed by atoms with E-state index < -0.39 is 22.4 Å². The molecule has 1 aromatic heterocycles. The second kappa shape index (κ2) is 5.74. The number of thiazole rings is 1. The molecule has 0 atom stereocenters. The molecule has 0 saturated heterocycles. The highest BCUT2D eigenvalue weighted by Gasteiger charge is 2.22. The van der Waals surface area contributed by atoms with Crippen LogP contribution in [0.2, 0.25) is 0 Å². The average molecular weight is 296 g/mol. The molecule has 8 heteroatoms. The highest BCUT2D eigenvalue weighted by atomic mass is 32.1. The van der Waals surface area contributed by atoms with Gasteiger partial charge in [0.25, 0.3) is 5.69 Å². The van der Waals surface area contributed by atoms with E-state index >= 15 is 0 Å². The minimum Gasteiger partial charge on any atom is -0.455 e. The third kappa shape index (κ3) is 3.15. The van der Waals surface area contributed by atoms with Gasteiger partial charge in [-0.3, -0.25) is 10.1 Å². The largest absolute Gasteiger partial charge is 0.455 e. The minimum atomic E-state index is -0.885. The summed E-state index contributed by atoms with van der Waals surface area (Å²) in [7, 11) is 0. The predicted molar refractivity (Wildman–Crippen MR) is 69.0 cm³/mol. The summed E-state index contributed by atoms with van der Waals surface area (Å²) in [6.45, 7) is 1.72. The van der Waals surface area contributed by atoms with Crippen molar-refractivity contribution in [2.24, 2.45) is 0 Å². The van der Waals surface area contributed by atoms with Gasteiger partial charge >= 0.3 is 5.97 Å². The van der Waals surface area contributed by atoms with Gasteiger partial charge in [0, 0.05) is 11.1 Å². The molecule has 2 aromatic rings. The molecule has 0 aliphatic rings. The van der Waals surface area contributed by atoms with E-state index in [0.717, 1.165) is 17.8 Å². The lowest BCUT2D eigenvalue weighted by atomic mass is 10.2. The second-order valence-corrected chi connectivity index (χ2v) is 4.82. The Morgan fingerprint density at radius 1 is 1.55 bits per heavy atom. The zero-order chi connectivity index (χ0) is 14.7. The van der Waals surface area contributed by atoms with Crippen molar-refractivity contribution in [3.63, 3.8) is 0 Å². The van der Waals surface area contributed by atoms with Crippen molar-refractivity contribution in [1.82, 2.24) is 4.98 Å². The standard InChI is InChI=1S/C12H9FN2O4S/c1-7-6-20-11(14-7)5-19-12(16)9-3-2-8(13)4-10(9)15(17)18/h2-4,6H,5H2,1H3. The van der Waals surface area contributed by atoms with Crippen LogP contribution in [0, 0.1) is 22.9 Å². The zero-order valence-electron chi connectivity index (χ0n) is 10.3. The Balaban J connectivity index is 2.15. The van der Waals surface area contributed by atoms with E-state index in [9.17, 15) is 19.3 Å². The van der Waals surface area contributed by atoms with E-state index in [4.69, 9.17) is 4.74 Å². The first-order valence-electron chi connectivity index (χ1n) is 5.49. The topological polar surface area (TPSA) is 82.3 Å². The molecule has 0 aliphatic heterocycles. The summed E-state index contributed by atoms with van der Waals surface area (Å²) in [4.78, 5) is 25.8. The Bertz CT molecular complexity index is 671. The lowest BCUT2D eigenvalue weighted by molar-refractivity contribution is -0.385. The van der Waals surface area contributed by atoms with Crippen molar-refractivity contribution in [3.05, 3.63) is 55.8 Å². The van der Waals surface area contributed by atoms with Gasteiger partial charge in [0.15, 0.2) is 0 Å². The third-order valence-corrected chi connectivity index (χ3v) is 3.31. The Kier molecular flexibility index (Phi) is 4.04. The quantitative estimate of drug-likeness (QED) is 0.492. The smallest absolute Gasteiger partial charge is 0.345 e. The van der Waals surface area contributed by atoms with Crippen LogP contribution in [-0.4, -0.2) is 15.9 Å². The van der Waals surface area contributed by atoms with E-state index in [1.807, 2.05) is 0 Å². The number of benzene rings is 1. The molecule has 0 fully saturated rings. The monoisotopic (exact) mass is 296 g/mol. The number of hydrogen-bond acceptors (Lipinski definition) is 6. The molecule has 0 spiro atoms. The molecular weight excluding hydrogens is 287 g/mol. The fourth-order valence-corrected chi connectivity index (χ4v) is 2.19. The van der Waals surface area contributed by atoms with Gasteiger partial charge in [0.05, 0.1) is 11.0 Å². The number of rotatable bonds is 4. The van der Waals surface area contributed by atoms with Crippen molar-refractivity contribution in [2.45, 2.75) is 13.5 Å². The lowest BCUT2D eigenvalue weighted by Gasteiger charge is -2.03. The number of nitro benzene ring substituents is 1. The van der Waals surface area contributed by atoms with Gasteiger partial charge in [-0.25, -0.2) is 14.2 Å². The Morgan fingerprint density at radius 3 is 2.90 bits per heavy atom. The third-order valence-electron chi connectivity index (χ3n) is 2.37. The van der Waals surface area contributed by atoms with Gasteiger partial charge < -0.3 is 4.74 Å². The predicted octanol–water partition coefficient (Wildman–Crippen LogP) is 2.86. The van der Waals surface area contributed by atoms with Crippen molar-refractivity contribution < 1.29 is 18.8 Å². The van der Waals surface area contributed by atoms with Crippen molar-refractivity contribution >= 4 is 23.0 Å². The first-order valence-corrected chi connectivity index (χ1v) is 6.37. The number of nitrogens with zero attached hydrogens (tertiary/aromatic N) is 2. The number of nitro groups is 1. The van der Waals surface area contributed by atoms with Crippen LogP contribution in [0.3, 0.4) is 0 Å². The number of esters is 1. The molecule has 0 radical (unpaired) electrons. The maximum atomic E-state index is 13.0. The molecule has 2 rings (SSSR count). The van der Waals surface area contributed by atoms with E-state index in [1.165, 1.54) is 11.3 Å². The summed E-state index contributed by atoms with van der Waals surface area (Å²) in [5.41, 5.74) is -0.108. The van der Waals surface area contributed by atoms with E-state index in [1.54, 1.807) is 12.3 Å². The Morgan fingerprint density at radius 2 is 2.30 bits per heavy atom. The van der Waals surface area contributed by atoms with E-state index in [0.29, 0.717) is 11.1 Å². The van der Waals surface area contributed by atoms with Crippen LogP contribution in [0.25, 0.3) is 0 Å². The number of aromatic nitrogens is 1. The first-order chi connectivity index (χ1) is 9.47. The lowest BCUT2D eigenvalue weighted by Crippen LogP contribution is -2.08. The van der Waals surface area contributed by atoms with Crippen molar-refractivity contribution in [2.75, 3.05) is 0 Å². The van der Waals surface area contributed by atoms with Crippen molar-refractivity contribution in [1.29, 1.82) is 0 Å². The van der Waals surface area contributed by atoms with Crippen molar-refractivity contribution in [3.8, 4) is 0 Å². The maximum absolute atomic E-state index is 13.0. The molecule has 6 nitrogen and oxygen atoms in total. The second-order valence-electron chi connectivity index (χ2n) is 3.88. The van der Waals surface area contributed by atoms with Gasteiger partial charge in [-0.15, -0.1) is 11.3 Å². The minimum absolute atomic E-state index is 0.0775. The molecule has 0 N–H and O–H groups in total. The molecule has 0 unspecified atom stereocenters. The van der Waals surface area contributed by atoms with Gasteiger partial charge in [-0.05, 0) is 19.1 Å². The zero-order valence-corrected chi connectivity index (χ0v) is 11.1. The SMILES string of the molecule is Cc1csc(COC(=O)c2ccc(F)cc2[N+](=O)[O-])n1. The number of halogens is 1. The highest BCUT2D eigenvalue weighted by molar-refractivity contribution is 7.09. The average Bonchev–Trinajstić information content (AvgIpc) is 2.81. The van der Waals surface area contributed by atoms with Gasteiger partial charge in [-0.2, -0.15) is 0 Å². The summed E-state index contributed by atoms with van der Waals surface area (Å²) in [6.07, 6.45) is 0. The van der Waals surface area contributed by atoms with Crippen LogP contribution in [-0.2, 0) is 11.3 Å². The number of hydrogen-bond donors (Lipinski definition) is 0. The molecule has 104 valence electrons. The molecule has 0 amide bonds. The molecule has 1 heterocycles. The normalized spacial score (nSPS) is 10.3. The first kappa shape index (κ1) is 14.1. The van der Waals surface area contributed by atoms with Crippen LogP contribution in [0.1, 0.15) is 21.1 Å². The molecule has 0 saturated carbocycles. The van der Waals surface area contributed by atoms with Gasteiger partial charge in [0.2, 0.25) is 0 Å². The molecule has 1 aromatic carbocycles. The van der Waals surface area contributed by atoms with E-state index in [-0.39, 0.29) is 12.2 Å². The van der Waals surface area contributed by atoms with Crippen LogP contribution in [0.15, 0.2) is 23.6 Å². The summed E-state index contributed by atoms with van der Waals surface area (Å²) in [6, 6.07) is 2.68. The fraction of sp³-hybridized carbons (Fsp3) is 0.167. The Hall–Kier alpha value is -2.35. The number of carbonyl (C=O) groups is 1. The highest BCUT2D eigenvalue weighted by Crippen LogP contribution is 2.21. The summed E-state index contributed by atoms with van der Waals surface area (Å²) in [5, 5.41) is 13.2. The molecule has 20 heavy (non-hydrogen) atoms. The molecular formula is C12H9FN2O4S. The Labute approximate surface area is 117 Å². The molecule has 0 aliphatic carbocycles. The fourth-order valence-electron chi connectivity index (χ4n) is 1.50. The number of carbonyl (C=O) groups excluding carboxylic acids is 1. The summed E-state index contributed by atoms with van der Waals surface area (Å²) < 4.78 is 17.9.